The molecule has 2 aliphatic rings. The smallest absolute Gasteiger partial charge is 0.159 e. The Kier molecular flexibility index (Phi) is 1.46. The quantitative estimate of drug-likeness (QED) is 0.528. The molecule has 0 saturated carbocycles. The number of fused-ring (bicyclic) bond motifs is 1. The minimum Gasteiger partial charge on any atom is -0.391 e. The Bertz CT molecular complexity index is 212. The Morgan fingerprint density at radius 2 is 2.45 bits per heavy atom. The van der Waals surface area contributed by atoms with Crippen molar-refractivity contribution in [1.29, 1.82) is 0 Å². The fourth-order valence-corrected chi connectivity index (χ4v) is 1.78. The summed E-state index contributed by atoms with van der Waals surface area (Å²) in [7, 11) is 0. The number of allylic oxidation sites excluding steroid dienone is 1. The summed E-state index contributed by atoms with van der Waals surface area (Å²) < 4.78 is 0. The minimum absolute atomic E-state index is 0.181. The molecule has 0 unspecified atom stereocenters. The standard InChI is InChI=1S/C8H11NO2/c10-7-1-2-9-5-8(11)4-6(9)3-7/h1-2,6,8,11H,3-5H2/t6-,8-/m1/s1. The molecule has 2 rings (SSSR count). The van der Waals surface area contributed by atoms with Gasteiger partial charge in [-0.05, 0) is 12.5 Å². The SMILES string of the molecule is O=C1C=CN2C[C@H](O)C[C@H]2C1. The summed E-state index contributed by atoms with van der Waals surface area (Å²) in [5.41, 5.74) is 0. The van der Waals surface area contributed by atoms with E-state index in [1.807, 2.05) is 4.90 Å². The number of aliphatic hydroxyl groups is 1. The van der Waals surface area contributed by atoms with Gasteiger partial charge in [0.1, 0.15) is 0 Å². The molecule has 0 bridgehead atoms. The Balaban J connectivity index is 2.13. The first kappa shape index (κ1) is 6.85. The van der Waals surface area contributed by atoms with Crippen molar-refractivity contribution in [3.63, 3.8) is 0 Å². The Morgan fingerprint density at radius 1 is 1.64 bits per heavy atom. The molecule has 0 spiro atoms. The molecule has 0 aromatic heterocycles. The van der Waals surface area contributed by atoms with Crippen molar-refractivity contribution in [2.45, 2.75) is 25.0 Å². The first-order chi connectivity index (χ1) is 5.25. The van der Waals surface area contributed by atoms with Gasteiger partial charge in [0.2, 0.25) is 0 Å². The topological polar surface area (TPSA) is 40.5 Å². The van der Waals surface area contributed by atoms with Gasteiger partial charge in [0, 0.05) is 25.2 Å². The normalized spacial score (nSPS) is 36.1. The number of carbonyl (C=O) groups is 1. The second kappa shape index (κ2) is 2.34. The molecule has 0 radical (unpaired) electrons. The van der Waals surface area contributed by atoms with Gasteiger partial charge >= 0.3 is 0 Å². The van der Waals surface area contributed by atoms with Crippen molar-refractivity contribution in [3.05, 3.63) is 12.3 Å². The van der Waals surface area contributed by atoms with E-state index in [0.29, 0.717) is 13.0 Å². The van der Waals surface area contributed by atoms with Crippen LogP contribution in [0.5, 0.6) is 0 Å². The van der Waals surface area contributed by atoms with Gasteiger partial charge in [-0.25, -0.2) is 0 Å². The monoisotopic (exact) mass is 153 g/mol. The third-order valence-corrected chi connectivity index (χ3v) is 2.32. The Morgan fingerprint density at radius 3 is 3.27 bits per heavy atom. The van der Waals surface area contributed by atoms with E-state index in [1.165, 1.54) is 0 Å². The number of aliphatic hydroxyl groups excluding tert-OH is 1. The first-order valence-corrected chi connectivity index (χ1v) is 3.90. The van der Waals surface area contributed by atoms with E-state index in [1.54, 1.807) is 12.3 Å². The fraction of sp³-hybridized carbons (Fsp3) is 0.625. The van der Waals surface area contributed by atoms with E-state index in [0.717, 1.165) is 6.42 Å². The lowest BCUT2D eigenvalue weighted by Crippen LogP contribution is -2.29. The molecule has 3 heteroatoms. The van der Waals surface area contributed by atoms with Crippen LogP contribution in [0.4, 0.5) is 0 Å². The van der Waals surface area contributed by atoms with Crippen molar-refractivity contribution in [2.75, 3.05) is 6.54 Å². The highest BCUT2D eigenvalue weighted by Gasteiger charge is 2.31. The number of rotatable bonds is 0. The van der Waals surface area contributed by atoms with Gasteiger partial charge in [-0.1, -0.05) is 0 Å². The molecule has 2 atom stereocenters. The van der Waals surface area contributed by atoms with Crippen LogP contribution in [0.25, 0.3) is 0 Å². The zero-order chi connectivity index (χ0) is 7.84. The molecular formula is C8H11NO2. The van der Waals surface area contributed by atoms with Crippen LogP contribution in [0.3, 0.4) is 0 Å². The maximum atomic E-state index is 10.9. The largest absolute Gasteiger partial charge is 0.391 e. The van der Waals surface area contributed by atoms with Crippen molar-refractivity contribution < 1.29 is 9.90 Å². The second-order valence-corrected chi connectivity index (χ2v) is 3.23. The van der Waals surface area contributed by atoms with Crippen LogP contribution < -0.4 is 0 Å². The highest BCUT2D eigenvalue weighted by molar-refractivity contribution is 5.90. The van der Waals surface area contributed by atoms with Gasteiger partial charge in [-0.3, -0.25) is 4.79 Å². The van der Waals surface area contributed by atoms with Crippen LogP contribution in [-0.4, -0.2) is 34.5 Å². The highest BCUT2D eigenvalue weighted by atomic mass is 16.3. The van der Waals surface area contributed by atoms with Gasteiger partial charge < -0.3 is 10.0 Å². The van der Waals surface area contributed by atoms with Crippen LogP contribution in [0.1, 0.15) is 12.8 Å². The molecule has 2 heterocycles. The van der Waals surface area contributed by atoms with Crippen molar-refractivity contribution in [3.8, 4) is 0 Å². The zero-order valence-electron chi connectivity index (χ0n) is 6.23. The van der Waals surface area contributed by atoms with Crippen molar-refractivity contribution in [1.82, 2.24) is 4.90 Å². The van der Waals surface area contributed by atoms with Gasteiger partial charge in [-0.2, -0.15) is 0 Å². The summed E-state index contributed by atoms with van der Waals surface area (Å²) in [6, 6.07) is 0.266. The Hall–Kier alpha value is -0.830. The molecule has 0 aromatic carbocycles. The van der Waals surface area contributed by atoms with Gasteiger partial charge in [0.15, 0.2) is 5.78 Å². The molecule has 11 heavy (non-hydrogen) atoms. The lowest BCUT2D eigenvalue weighted by atomic mass is 10.1. The summed E-state index contributed by atoms with van der Waals surface area (Å²) in [5, 5.41) is 9.26. The summed E-state index contributed by atoms with van der Waals surface area (Å²) in [6.45, 7) is 0.689. The van der Waals surface area contributed by atoms with Crippen molar-refractivity contribution in [2.24, 2.45) is 0 Å². The molecule has 2 aliphatic heterocycles. The third kappa shape index (κ3) is 1.16. The van der Waals surface area contributed by atoms with Crippen LogP contribution >= 0.6 is 0 Å². The van der Waals surface area contributed by atoms with E-state index in [-0.39, 0.29) is 17.9 Å². The molecule has 0 aromatic rings. The number of nitrogens with zero attached hydrogens (tertiary/aromatic N) is 1. The average molecular weight is 153 g/mol. The van der Waals surface area contributed by atoms with Crippen molar-refractivity contribution >= 4 is 5.78 Å². The number of hydrogen-bond acceptors (Lipinski definition) is 3. The van der Waals surface area contributed by atoms with Crippen LogP contribution in [0, 0.1) is 0 Å². The summed E-state index contributed by atoms with van der Waals surface area (Å²) in [5.74, 6) is 0.181. The maximum Gasteiger partial charge on any atom is 0.159 e. The maximum absolute atomic E-state index is 10.9. The average Bonchev–Trinajstić information content (AvgIpc) is 2.27. The number of hydrogen-bond donors (Lipinski definition) is 1. The number of ketones is 1. The molecule has 1 saturated heterocycles. The molecule has 3 nitrogen and oxygen atoms in total. The lowest BCUT2D eigenvalue weighted by Gasteiger charge is -2.24. The summed E-state index contributed by atoms with van der Waals surface area (Å²) in [6.07, 6.45) is 4.47. The summed E-state index contributed by atoms with van der Waals surface area (Å²) in [4.78, 5) is 13.0. The molecule has 0 amide bonds. The summed E-state index contributed by atoms with van der Waals surface area (Å²) >= 11 is 0. The molecule has 0 aliphatic carbocycles. The molecule has 60 valence electrons. The van der Waals surface area contributed by atoms with E-state index in [9.17, 15) is 9.90 Å². The van der Waals surface area contributed by atoms with E-state index < -0.39 is 0 Å². The van der Waals surface area contributed by atoms with Crippen LogP contribution in [0.2, 0.25) is 0 Å². The fourth-order valence-electron chi connectivity index (χ4n) is 1.78. The Labute approximate surface area is 65.3 Å². The van der Waals surface area contributed by atoms with E-state index in [2.05, 4.69) is 0 Å². The lowest BCUT2D eigenvalue weighted by molar-refractivity contribution is -0.116. The van der Waals surface area contributed by atoms with Gasteiger partial charge in [-0.15, -0.1) is 0 Å². The van der Waals surface area contributed by atoms with E-state index >= 15 is 0 Å². The van der Waals surface area contributed by atoms with Crippen LogP contribution in [-0.2, 0) is 4.79 Å². The first-order valence-electron chi connectivity index (χ1n) is 3.90. The van der Waals surface area contributed by atoms with Gasteiger partial charge in [0.05, 0.1) is 6.10 Å². The second-order valence-electron chi connectivity index (χ2n) is 3.23. The predicted molar refractivity (Wildman–Crippen MR) is 39.9 cm³/mol. The third-order valence-electron chi connectivity index (χ3n) is 2.32. The van der Waals surface area contributed by atoms with Gasteiger partial charge in [0.25, 0.3) is 0 Å². The zero-order valence-corrected chi connectivity index (χ0v) is 6.23. The molecular weight excluding hydrogens is 142 g/mol. The molecule has 1 fully saturated rings. The van der Waals surface area contributed by atoms with E-state index in [4.69, 9.17) is 0 Å². The minimum atomic E-state index is -0.240. The highest BCUT2D eigenvalue weighted by Crippen LogP contribution is 2.23. The molecule has 1 N–H and O–H groups in total. The van der Waals surface area contributed by atoms with Crippen LogP contribution in [0.15, 0.2) is 12.3 Å². The predicted octanol–water partition coefficient (Wildman–Crippen LogP) is -0.0919. The number of carbonyl (C=O) groups excluding carboxylic acids is 1.